The third-order valence-electron chi connectivity index (χ3n) is 5.72. The Hall–Kier alpha value is -2.41. The van der Waals surface area contributed by atoms with Crippen LogP contribution in [0.1, 0.15) is 26.0 Å². The number of aromatic nitrogens is 1. The molecule has 1 atom stereocenters. The zero-order valence-corrected chi connectivity index (χ0v) is 18.9. The van der Waals surface area contributed by atoms with E-state index in [2.05, 4.69) is 0 Å². The van der Waals surface area contributed by atoms with Gasteiger partial charge in [0.25, 0.3) is 5.56 Å². The zero-order valence-electron chi connectivity index (χ0n) is 16.6. The van der Waals surface area contributed by atoms with Gasteiger partial charge in [0, 0.05) is 39.1 Å². The summed E-state index contributed by atoms with van der Waals surface area (Å²) in [7, 11) is 0. The van der Waals surface area contributed by atoms with Crippen molar-refractivity contribution >= 4 is 51.6 Å². The lowest BCUT2D eigenvalue weighted by Crippen LogP contribution is -2.23. The van der Waals surface area contributed by atoms with E-state index in [4.69, 9.17) is 27.6 Å². The minimum atomic E-state index is -0.700. The number of halogens is 2. The molecule has 158 valence electrons. The van der Waals surface area contributed by atoms with Crippen LogP contribution in [-0.2, 0) is 5.41 Å². The van der Waals surface area contributed by atoms with Crippen molar-refractivity contribution in [2.24, 2.45) is 0 Å². The highest BCUT2D eigenvalue weighted by molar-refractivity contribution is 7.99. The molecular weight excluding hydrogens is 457 g/mol. The quantitative estimate of drug-likeness (QED) is 0.501. The van der Waals surface area contributed by atoms with Crippen LogP contribution in [0.2, 0.25) is 0 Å². The molecule has 5 rings (SSSR count). The smallest absolute Gasteiger partial charge is 0.354 e. The van der Waals surface area contributed by atoms with E-state index in [-0.39, 0.29) is 27.0 Å². The monoisotopic (exact) mass is 473 g/mol. The number of pyridine rings is 1. The maximum atomic E-state index is 13.6. The molecule has 0 amide bonds. The largest absolute Gasteiger partial charge is 0.505 e. The van der Waals surface area contributed by atoms with Crippen molar-refractivity contribution in [2.45, 2.75) is 40.9 Å². The summed E-state index contributed by atoms with van der Waals surface area (Å²) in [5.74, 6) is -0.388. The van der Waals surface area contributed by atoms with Crippen molar-refractivity contribution < 1.29 is 9.52 Å². The molecule has 2 aromatic heterocycles. The second kappa shape index (κ2) is 7.05. The number of hydrogen-bond donors (Lipinski definition) is 1. The molecule has 0 bridgehead atoms. The second-order valence-electron chi connectivity index (χ2n) is 8.07. The molecule has 5 nitrogen and oxygen atoms in total. The summed E-state index contributed by atoms with van der Waals surface area (Å²) in [6.45, 7) is 3.91. The van der Waals surface area contributed by atoms with Gasteiger partial charge in [-0.05, 0) is 18.2 Å². The van der Waals surface area contributed by atoms with Crippen molar-refractivity contribution in [1.82, 2.24) is 4.57 Å². The summed E-state index contributed by atoms with van der Waals surface area (Å²) < 4.78 is 7.02. The molecule has 0 fully saturated rings. The van der Waals surface area contributed by atoms with E-state index in [1.54, 1.807) is 18.2 Å². The van der Waals surface area contributed by atoms with Gasteiger partial charge in [-0.25, -0.2) is 4.79 Å². The second-order valence-corrected chi connectivity index (χ2v) is 10.2. The van der Waals surface area contributed by atoms with Gasteiger partial charge in [-0.2, -0.15) is 0 Å². The number of allylic oxidation sites excluding steroid dienone is 4. The van der Waals surface area contributed by atoms with E-state index >= 15 is 0 Å². The molecule has 0 radical (unpaired) electrons. The molecule has 8 heteroatoms. The molecule has 1 aromatic carbocycles. The van der Waals surface area contributed by atoms with E-state index in [1.807, 2.05) is 38.1 Å². The van der Waals surface area contributed by atoms with Gasteiger partial charge in [0.05, 0.1) is 11.1 Å². The fourth-order valence-electron chi connectivity index (χ4n) is 4.34. The molecule has 1 aliphatic heterocycles. The Bertz CT molecular complexity index is 1430. The molecule has 0 spiro atoms. The molecule has 0 saturated carbocycles. The summed E-state index contributed by atoms with van der Waals surface area (Å²) in [6.07, 6.45) is 2.29. The zero-order chi connectivity index (χ0) is 22.1. The van der Waals surface area contributed by atoms with Crippen LogP contribution >= 0.6 is 35.0 Å². The highest BCUT2D eigenvalue weighted by atomic mass is 35.5. The number of nitrogens with zero attached hydrogens (tertiary/aromatic N) is 1. The Morgan fingerprint density at radius 3 is 2.65 bits per heavy atom. The lowest BCUT2D eigenvalue weighted by atomic mass is 9.80. The highest BCUT2D eigenvalue weighted by Crippen LogP contribution is 2.50. The normalized spacial score (nSPS) is 19.4. The van der Waals surface area contributed by atoms with Gasteiger partial charge in [-0.3, -0.25) is 9.36 Å². The van der Waals surface area contributed by atoms with Crippen LogP contribution in [0.3, 0.4) is 0 Å². The van der Waals surface area contributed by atoms with Gasteiger partial charge in [0.2, 0.25) is 0 Å². The lowest BCUT2D eigenvalue weighted by molar-refractivity contribution is 0.445. The van der Waals surface area contributed by atoms with E-state index in [9.17, 15) is 14.7 Å². The van der Waals surface area contributed by atoms with E-state index < -0.39 is 16.6 Å². The summed E-state index contributed by atoms with van der Waals surface area (Å²) in [5.41, 5.74) is 0.329. The minimum Gasteiger partial charge on any atom is -0.505 e. The van der Waals surface area contributed by atoms with Crippen molar-refractivity contribution in [3.8, 4) is 5.75 Å². The van der Waals surface area contributed by atoms with Gasteiger partial charge in [0.15, 0.2) is 5.75 Å². The first-order valence-corrected chi connectivity index (χ1v) is 11.3. The van der Waals surface area contributed by atoms with Gasteiger partial charge in [-0.15, -0.1) is 11.6 Å². The number of benzene rings is 1. The maximum absolute atomic E-state index is 13.6. The molecule has 31 heavy (non-hydrogen) atoms. The molecule has 1 aliphatic carbocycles. The predicted octanol–water partition coefficient (Wildman–Crippen LogP) is 5.45. The fraction of sp³-hybridized carbons (Fsp3) is 0.217. The van der Waals surface area contributed by atoms with Crippen LogP contribution in [0.5, 0.6) is 5.75 Å². The van der Waals surface area contributed by atoms with Crippen molar-refractivity contribution in [2.75, 3.05) is 0 Å². The summed E-state index contributed by atoms with van der Waals surface area (Å²) in [4.78, 5) is 27.0. The first-order chi connectivity index (χ1) is 14.7. The van der Waals surface area contributed by atoms with Gasteiger partial charge < -0.3 is 9.52 Å². The van der Waals surface area contributed by atoms with E-state index in [1.165, 1.54) is 4.57 Å². The average Bonchev–Trinajstić information content (AvgIpc) is 2.92. The maximum Gasteiger partial charge on any atom is 0.354 e. The van der Waals surface area contributed by atoms with Crippen molar-refractivity contribution in [3.05, 3.63) is 79.5 Å². The highest BCUT2D eigenvalue weighted by Gasteiger charge is 2.44. The number of aromatic hydroxyl groups is 1. The molecule has 3 heterocycles. The Morgan fingerprint density at radius 1 is 1.23 bits per heavy atom. The number of rotatable bonds is 2. The molecule has 2 aliphatic rings. The third kappa shape index (κ3) is 3.00. The van der Waals surface area contributed by atoms with E-state index in [0.717, 1.165) is 22.2 Å². The Morgan fingerprint density at radius 2 is 1.94 bits per heavy atom. The van der Waals surface area contributed by atoms with Gasteiger partial charge in [0.1, 0.15) is 15.9 Å². The first kappa shape index (κ1) is 20.5. The summed E-state index contributed by atoms with van der Waals surface area (Å²) >= 11 is 14.0. The lowest BCUT2D eigenvalue weighted by Gasteiger charge is -2.24. The summed E-state index contributed by atoms with van der Waals surface area (Å²) in [6, 6.07) is 10.7. The standard InChI is InChI=1S/C23H17Cl2NO4S/c1-23(2)16-10-15-17(21(28)26(16)14-9-11(24)8-13(25)18(14)23)19(27)20(22(29)30-15)31-12-6-4-3-5-7-12/h3-7,9-11,27H,8H2,1-2H3. The Kier molecular flexibility index (Phi) is 4.66. The molecule has 1 unspecified atom stereocenters. The van der Waals surface area contributed by atoms with Crippen LogP contribution in [0.25, 0.3) is 16.7 Å². The molecule has 0 saturated heterocycles. The number of alkyl halides is 1. The van der Waals surface area contributed by atoms with Crippen LogP contribution in [-0.4, -0.2) is 15.1 Å². The van der Waals surface area contributed by atoms with Gasteiger partial charge in [-0.1, -0.05) is 55.4 Å². The average molecular weight is 474 g/mol. The summed E-state index contributed by atoms with van der Waals surface area (Å²) in [5, 5.41) is 11.2. The SMILES string of the molecule is CC1(C)C2=C(Cl)CC(Cl)C=C2n2c1cc1oc(=O)c(Sc3ccccc3)c(O)c1c2=O. The van der Waals surface area contributed by atoms with Crippen molar-refractivity contribution in [1.29, 1.82) is 0 Å². The minimum absolute atomic E-state index is 0.0322. The van der Waals surface area contributed by atoms with Crippen LogP contribution < -0.4 is 11.2 Å². The topological polar surface area (TPSA) is 72.4 Å². The van der Waals surface area contributed by atoms with E-state index in [0.29, 0.717) is 22.8 Å². The van der Waals surface area contributed by atoms with Crippen LogP contribution in [0.4, 0.5) is 0 Å². The van der Waals surface area contributed by atoms with Gasteiger partial charge >= 0.3 is 5.63 Å². The molecule has 3 aromatic rings. The van der Waals surface area contributed by atoms with Crippen LogP contribution in [0.15, 0.2) is 76.9 Å². The predicted molar refractivity (Wildman–Crippen MR) is 123 cm³/mol. The Labute approximate surface area is 191 Å². The third-order valence-corrected chi connectivity index (χ3v) is 7.42. The Balaban J connectivity index is 1.82. The molecule has 1 N–H and O–H groups in total. The number of hydrogen-bond acceptors (Lipinski definition) is 5. The number of fused-ring (bicyclic) bond motifs is 4. The van der Waals surface area contributed by atoms with Crippen molar-refractivity contribution in [3.63, 3.8) is 0 Å². The van der Waals surface area contributed by atoms with Crippen LogP contribution in [0, 0.1) is 0 Å². The first-order valence-electron chi connectivity index (χ1n) is 9.65. The molecular formula is C23H17Cl2NO4S. The fourth-order valence-corrected chi connectivity index (χ4v) is 6.04.